The maximum atomic E-state index is 11.4. The molecule has 0 radical (unpaired) electrons. The Morgan fingerprint density at radius 2 is 1.79 bits per heavy atom. The number of nitrogens with zero attached hydrogens (tertiary/aromatic N) is 4. The molecule has 0 aromatic heterocycles. The molecule has 13 heteroatoms. The van der Waals surface area contributed by atoms with Crippen molar-refractivity contribution >= 4 is 56.8 Å². The van der Waals surface area contributed by atoms with Crippen LogP contribution in [0.3, 0.4) is 0 Å². The molecule has 0 fully saturated rings. The van der Waals surface area contributed by atoms with Gasteiger partial charge < -0.3 is 15.2 Å². The SMILES string of the molecule is O=C(O)COCCNc1ccc(N=Nc2c(Cl)cc([N+](=O)[O-])cc2[N+](=O)[O-])c2ccccc12. The predicted octanol–water partition coefficient (Wildman–Crippen LogP) is 5.24. The van der Waals surface area contributed by atoms with E-state index in [9.17, 15) is 25.0 Å². The van der Waals surface area contributed by atoms with E-state index in [1.807, 2.05) is 12.1 Å². The maximum Gasteiger partial charge on any atom is 0.329 e. The molecule has 0 unspecified atom stereocenters. The highest BCUT2D eigenvalue weighted by atomic mass is 35.5. The fraction of sp³-hybridized carbons (Fsp3) is 0.150. The summed E-state index contributed by atoms with van der Waals surface area (Å²) < 4.78 is 5.00. The van der Waals surface area contributed by atoms with Crippen LogP contribution in [0.25, 0.3) is 10.8 Å². The number of rotatable bonds is 10. The fourth-order valence-corrected chi connectivity index (χ4v) is 3.21. The lowest BCUT2D eigenvalue weighted by Crippen LogP contribution is -2.14. The molecule has 0 aliphatic heterocycles. The summed E-state index contributed by atoms with van der Waals surface area (Å²) in [6, 6.07) is 12.3. The Hall–Kier alpha value is -4.16. The second-order valence-corrected chi connectivity index (χ2v) is 6.97. The lowest BCUT2D eigenvalue weighted by molar-refractivity contribution is -0.393. The second kappa shape index (κ2) is 10.4. The van der Waals surface area contributed by atoms with Gasteiger partial charge in [0.1, 0.15) is 6.61 Å². The number of aliphatic carboxylic acids is 1. The number of nitro groups is 2. The quantitative estimate of drug-likeness (QED) is 0.174. The summed E-state index contributed by atoms with van der Waals surface area (Å²) in [5.74, 6) is -1.05. The molecule has 0 spiro atoms. The molecular formula is C20H16ClN5O7. The first-order valence-electron chi connectivity index (χ1n) is 9.37. The van der Waals surface area contributed by atoms with Crippen molar-refractivity contribution in [1.29, 1.82) is 0 Å². The summed E-state index contributed by atoms with van der Waals surface area (Å²) in [4.78, 5) is 31.2. The van der Waals surface area contributed by atoms with Gasteiger partial charge in [0.25, 0.3) is 5.69 Å². The Balaban J connectivity index is 1.91. The van der Waals surface area contributed by atoms with Crippen LogP contribution >= 0.6 is 11.6 Å². The van der Waals surface area contributed by atoms with Crippen molar-refractivity contribution in [2.75, 3.05) is 25.1 Å². The third-order valence-electron chi connectivity index (χ3n) is 4.38. The van der Waals surface area contributed by atoms with Gasteiger partial charge in [0, 0.05) is 29.1 Å². The van der Waals surface area contributed by atoms with E-state index in [1.165, 1.54) is 0 Å². The number of nitrogens with one attached hydrogen (secondary N) is 1. The van der Waals surface area contributed by atoms with Gasteiger partial charge in [-0.2, -0.15) is 0 Å². The van der Waals surface area contributed by atoms with Gasteiger partial charge in [-0.3, -0.25) is 20.2 Å². The molecule has 0 bridgehead atoms. The van der Waals surface area contributed by atoms with Gasteiger partial charge in [-0.05, 0) is 12.1 Å². The number of anilines is 1. The highest BCUT2D eigenvalue weighted by molar-refractivity contribution is 6.33. The largest absolute Gasteiger partial charge is 0.480 e. The summed E-state index contributed by atoms with van der Waals surface area (Å²) in [7, 11) is 0. The number of hydrogen-bond acceptors (Lipinski definition) is 9. The predicted molar refractivity (Wildman–Crippen MR) is 120 cm³/mol. The molecule has 0 saturated carbocycles. The average molecular weight is 474 g/mol. The summed E-state index contributed by atoms with van der Waals surface area (Å²) in [6.45, 7) is 0.159. The van der Waals surface area contributed by atoms with Crippen molar-refractivity contribution in [3.63, 3.8) is 0 Å². The van der Waals surface area contributed by atoms with Crippen molar-refractivity contribution in [1.82, 2.24) is 0 Å². The van der Waals surface area contributed by atoms with Gasteiger partial charge in [0.05, 0.1) is 33.2 Å². The maximum absolute atomic E-state index is 11.4. The standard InChI is InChI=1S/C20H16ClN5O7/c21-15-9-12(25(29)30)10-18(26(31)32)20(15)24-23-17-6-5-16(13-3-1-2-4-14(13)17)22-7-8-33-11-19(27)28/h1-6,9-10,22H,7-8,11H2,(H,27,28). The monoisotopic (exact) mass is 473 g/mol. The molecule has 3 rings (SSSR count). The van der Waals surface area contributed by atoms with E-state index >= 15 is 0 Å². The molecule has 0 saturated heterocycles. The molecule has 170 valence electrons. The van der Waals surface area contributed by atoms with Gasteiger partial charge in [-0.25, -0.2) is 4.79 Å². The van der Waals surface area contributed by atoms with Crippen molar-refractivity contribution < 1.29 is 24.5 Å². The number of carbonyl (C=O) groups is 1. The highest BCUT2D eigenvalue weighted by Crippen LogP contribution is 2.40. The van der Waals surface area contributed by atoms with Crippen molar-refractivity contribution in [2.24, 2.45) is 10.2 Å². The first-order chi connectivity index (χ1) is 15.8. The number of ether oxygens (including phenoxy) is 1. The zero-order valence-corrected chi connectivity index (χ0v) is 17.6. The molecule has 3 aromatic carbocycles. The van der Waals surface area contributed by atoms with E-state index in [4.69, 9.17) is 21.4 Å². The molecule has 0 atom stereocenters. The Bertz CT molecular complexity index is 1270. The van der Waals surface area contributed by atoms with Crippen LogP contribution in [-0.4, -0.2) is 40.7 Å². The summed E-state index contributed by atoms with van der Waals surface area (Å²) in [5.41, 5.74) is -0.334. The van der Waals surface area contributed by atoms with Gasteiger partial charge in [0.15, 0.2) is 5.69 Å². The number of carboxylic acids is 1. The first-order valence-corrected chi connectivity index (χ1v) is 9.75. The van der Waals surface area contributed by atoms with Crippen LogP contribution < -0.4 is 5.32 Å². The number of hydrogen-bond donors (Lipinski definition) is 2. The van der Waals surface area contributed by atoms with Crippen LogP contribution in [-0.2, 0) is 9.53 Å². The number of azo groups is 1. The summed E-state index contributed by atoms with van der Waals surface area (Å²) in [5, 5.41) is 43.3. The second-order valence-electron chi connectivity index (χ2n) is 6.56. The Kier molecular flexibility index (Phi) is 7.43. The van der Waals surface area contributed by atoms with E-state index in [0.29, 0.717) is 17.6 Å². The van der Waals surface area contributed by atoms with E-state index in [1.54, 1.807) is 24.3 Å². The van der Waals surface area contributed by atoms with Crippen LogP contribution in [0.15, 0.2) is 58.8 Å². The normalized spacial score (nSPS) is 11.1. The molecule has 0 aliphatic rings. The molecule has 33 heavy (non-hydrogen) atoms. The fourth-order valence-electron chi connectivity index (χ4n) is 2.96. The van der Waals surface area contributed by atoms with Crippen LogP contribution in [0.5, 0.6) is 0 Å². The van der Waals surface area contributed by atoms with E-state index in [2.05, 4.69) is 15.5 Å². The number of benzene rings is 3. The van der Waals surface area contributed by atoms with Crippen LogP contribution in [0, 0.1) is 20.2 Å². The van der Waals surface area contributed by atoms with Gasteiger partial charge in [-0.1, -0.05) is 35.9 Å². The molecule has 0 heterocycles. The van der Waals surface area contributed by atoms with Gasteiger partial charge in [0.2, 0.25) is 0 Å². The molecule has 12 nitrogen and oxygen atoms in total. The summed E-state index contributed by atoms with van der Waals surface area (Å²) >= 11 is 6.01. The number of non-ortho nitro benzene ring substituents is 1. The Labute approximate surface area is 190 Å². The van der Waals surface area contributed by atoms with E-state index in [-0.39, 0.29) is 23.9 Å². The third-order valence-corrected chi connectivity index (χ3v) is 4.67. The highest BCUT2D eigenvalue weighted by Gasteiger charge is 2.23. The van der Waals surface area contributed by atoms with E-state index in [0.717, 1.165) is 23.2 Å². The Morgan fingerprint density at radius 3 is 2.45 bits per heavy atom. The minimum Gasteiger partial charge on any atom is -0.480 e. The first kappa shape index (κ1) is 23.5. The molecule has 3 aromatic rings. The average Bonchev–Trinajstić information content (AvgIpc) is 2.77. The Morgan fingerprint density at radius 1 is 1.06 bits per heavy atom. The van der Waals surface area contributed by atoms with Crippen molar-refractivity contribution in [3.8, 4) is 0 Å². The number of nitro benzene ring substituents is 2. The molecule has 0 aliphatic carbocycles. The zero-order chi connectivity index (χ0) is 24.0. The van der Waals surface area contributed by atoms with Crippen LogP contribution in [0.2, 0.25) is 5.02 Å². The number of halogens is 1. The number of fused-ring (bicyclic) bond motifs is 1. The van der Waals surface area contributed by atoms with Gasteiger partial charge >= 0.3 is 11.7 Å². The zero-order valence-electron chi connectivity index (χ0n) is 16.8. The third kappa shape index (κ3) is 5.75. The molecule has 0 amide bonds. The van der Waals surface area contributed by atoms with Crippen LogP contribution in [0.1, 0.15) is 0 Å². The lowest BCUT2D eigenvalue weighted by Gasteiger charge is -2.11. The van der Waals surface area contributed by atoms with Crippen molar-refractivity contribution in [2.45, 2.75) is 0 Å². The minimum absolute atomic E-state index is 0.185. The molecular weight excluding hydrogens is 458 g/mol. The lowest BCUT2D eigenvalue weighted by atomic mass is 10.1. The van der Waals surface area contributed by atoms with Crippen LogP contribution in [0.4, 0.5) is 28.4 Å². The van der Waals surface area contributed by atoms with Crippen molar-refractivity contribution in [3.05, 3.63) is 73.8 Å². The minimum atomic E-state index is -1.05. The van der Waals surface area contributed by atoms with Gasteiger partial charge in [-0.15, -0.1) is 10.2 Å². The molecule has 2 N–H and O–H groups in total. The van der Waals surface area contributed by atoms with E-state index < -0.39 is 27.2 Å². The summed E-state index contributed by atoms with van der Waals surface area (Å²) in [6.07, 6.45) is 0. The topological polar surface area (TPSA) is 170 Å². The number of carboxylic acid groups (broad SMARTS) is 1. The smallest absolute Gasteiger partial charge is 0.329 e.